The van der Waals surface area contributed by atoms with Crippen LogP contribution in [0.4, 0.5) is 0 Å². The first kappa shape index (κ1) is 14.5. The Kier molecular flexibility index (Phi) is 4.40. The Morgan fingerprint density at radius 2 is 1.90 bits per heavy atom. The van der Waals surface area contributed by atoms with Crippen molar-refractivity contribution in [1.29, 1.82) is 0 Å². The third-order valence-corrected chi connectivity index (χ3v) is 3.19. The number of nitrogens with zero attached hydrogens (tertiary/aromatic N) is 1. The summed E-state index contributed by atoms with van der Waals surface area (Å²) >= 11 is 0. The van der Waals surface area contributed by atoms with Crippen LogP contribution in [0.3, 0.4) is 0 Å². The van der Waals surface area contributed by atoms with E-state index in [1.165, 1.54) is 5.56 Å². The average molecular weight is 270 g/mol. The summed E-state index contributed by atoms with van der Waals surface area (Å²) in [5.74, 6) is 1.52. The third-order valence-electron chi connectivity index (χ3n) is 3.19. The number of nitrogens with two attached hydrogens (primary N) is 1. The molecule has 1 heterocycles. The molecular weight excluding hydrogens is 248 g/mol. The van der Waals surface area contributed by atoms with Crippen LogP contribution in [-0.2, 0) is 6.42 Å². The van der Waals surface area contributed by atoms with Crippen molar-refractivity contribution in [1.82, 2.24) is 4.98 Å². The zero-order valence-corrected chi connectivity index (χ0v) is 12.6. The van der Waals surface area contributed by atoms with E-state index < -0.39 is 0 Å². The Bertz CT molecular complexity index is 606. The van der Waals surface area contributed by atoms with Gasteiger partial charge >= 0.3 is 0 Å². The quantitative estimate of drug-likeness (QED) is 0.921. The van der Waals surface area contributed by atoms with Crippen LogP contribution in [0, 0.1) is 20.8 Å². The van der Waals surface area contributed by atoms with Crippen molar-refractivity contribution in [2.24, 2.45) is 5.73 Å². The maximum atomic E-state index is 5.94. The van der Waals surface area contributed by atoms with E-state index in [1.807, 2.05) is 33.0 Å². The number of benzene rings is 1. The molecule has 0 aliphatic heterocycles. The fourth-order valence-corrected chi connectivity index (χ4v) is 2.13. The molecule has 0 spiro atoms. The normalized spacial score (nSPS) is 12.2. The van der Waals surface area contributed by atoms with E-state index in [2.05, 4.69) is 30.1 Å². The lowest BCUT2D eigenvalue weighted by Gasteiger charge is -2.12. The summed E-state index contributed by atoms with van der Waals surface area (Å²) in [7, 11) is 0. The molecule has 0 aliphatic carbocycles. The highest BCUT2D eigenvalue weighted by Gasteiger charge is 2.08. The van der Waals surface area contributed by atoms with Gasteiger partial charge in [0.05, 0.1) is 0 Å². The maximum Gasteiger partial charge on any atom is 0.222 e. The standard InChI is InChI=1S/C17H22N2O/c1-11-5-6-12(2)16(7-11)20-17-13(3)8-15(10-19-17)9-14(4)18/h5-8,10,14H,9,18H2,1-4H3. The van der Waals surface area contributed by atoms with Gasteiger partial charge in [-0.1, -0.05) is 12.1 Å². The summed E-state index contributed by atoms with van der Waals surface area (Å²) in [6, 6.07) is 8.41. The van der Waals surface area contributed by atoms with Crippen molar-refractivity contribution in [3.05, 3.63) is 52.7 Å². The molecule has 2 rings (SSSR count). The molecule has 0 radical (unpaired) electrons. The van der Waals surface area contributed by atoms with Crippen molar-refractivity contribution < 1.29 is 4.74 Å². The van der Waals surface area contributed by atoms with Crippen LogP contribution in [0.2, 0.25) is 0 Å². The lowest BCUT2D eigenvalue weighted by molar-refractivity contribution is 0.454. The Balaban J connectivity index is 2.23. The van der Waals surface area contributed by atoms with Gasteiger partial charge in [-0.25, -0.2) is 4.98 Å². The first-order valence-electron chi connectivity index (χ1n) is 6.92. The number of ether oxygens (including phenoxy) is 1. The molecule has 0 bridgehead atoms. The summed E-state index contributed by atoms with van der Waals surface area (Å²) in [6.45, 7) is 8.10. The van der Waals surface area contributed by atoms with Gasteiger partial charge in [0.1, 0.15) is 5.75 Å². The van der Waals surface area contributed by atoms with Crippen LogP contribution in [0.15, 0.2) is 30.5 Å². The number of hydrogen-bond donors (Lipinski definition) is 1. The molecule has 1 aromatic heterocycles. The fourth-order valence-electron chi connectivity index (χ4n) is 2.13. The molecule has 2 aromatic rings. The zero-order chi connectivity index (χ0) is 14.7. The van der Waals surface area contributed by atoms with Gasteiger partial charge < -0.3 is 10.5 Å². The van der Waals surface area contributed by atoms with Gasteiger partial charge in [-0.05, 0) is 62.9 Å². The van der Waals surface area contributed by atoms with Crippen LogP contribution in [0.5, 0.6) is 11.6 Å². The first-order chi connectivity index (χ1) is 9.45. The summed E-state index contributed by atoms with van der Waals surface area (Å²) in [6.07, 6.45) is 2.68. The molecule has 0 saturated heterocycles. The molecule has 0 amide bonds. The summed E-state index contributed by atoms with van der Waals surface area (Å²) < 4.78 is 5.94. The first-order valence-corrected chi connectivity index (χ1v) is 6.92. The van der Waals surface area contributed by atoms with Crippen LogP contribution in [0.1, 0.15) is 29.2 Å². The molecule has 0 fully saturated rings. The summed E-state index contributed by atoms with van der Waals surface area (Å²) in [5.41, 5.74) is 10.3. The predicted molar refractivity (Wildman–Crippen MR) is 82.3 cm³/mol. The van der Waals surface area contributed by atoms with E-state index in [0.29, 0.717) is 5.88 Å². The van der Waals surface area contributed by atoms with Crippen LogP contribution in [-0.4, -0.2) is 11.0 Å². The van der Waals surface area contributed by atoms with Crippen LogP contribution in [0.25, 0.3) is 0 Å². The highest BCUT2D eigenvalue weighted by molar-refractivity contribution is 5.40. The minimum Gasteiger partial charge on any atom is -0.438 e. The highest BCUT2D eigenvalue weighted by Crippen LogP contribution is 2.27. The van der Waals surface area contributed by atoms with Crippen molar-refractivity contribution in [3.8, 4) is 11.6 Å². The molecule has 1 atom stereocenters. The Morgan fingerprint density at radius 3 is 2.55 bits per heavy atom. The Morgan fingerprint density at radius 1 is 1.15 bits per heavy atom. The van der Waals surface area contributed by atoms with E-state index in [9.17, 15) is 0 Å². The average Bonchev–Trinajstić information content (AvgIpc) is 2.36. The third kappa shape index (κ3) is 3.58. The van der Waals surface area contributed by atoms with Crippen molar-refractivity contribution in [2.75, 3.05) is 0 Å². The summed E-state index contributed by atoms with van der Waals surface area (Å²) in [5, 5.41) is 0. The van der Waals surface area contributed by atoms with Crippen molar-refractivity contribution in [2.45, 2.75) is 40.2 Å². The molecule has 3 nitrogen and oxygen atoms in total. The number of rotatable bonds is 4. The number of hydrogen-bond acceptors (Lipinski definition) is 3. The molecule has 1 aromatic carbocycles. The Hall–Kier alpha value is -1.87. The van der Waals surface area contributed by atoms with Crippen molar-refractivity contribution >= 4 is 0 Å². The minimum atomic E-state index is 0.141. The monoisotopic (exact) mass is 270 g/mol. The summed E-state index contributed by atoms with van der Waals surface area (Å²) in [4.78, 5) is 4.42. The number of pyridine rings is 1. The van der Waals surface area contributed by atoms with Gasteiger partial charge in [0.15, 0.2) is 0 Å². The second kappa shape index (κ2) is 6.06. The van der Waals surface area contributed by atoms with Crippen molar-refractivity contribution in [3.63, 3.8) is 0 Å². The molecule has 1 unspecified atom stereocenters. The van der Waals surface area contributed by atoms with Crippen LogP contribution >= 0.6 is 0 Å². The smallest absolute Gasteiger partial charge is 0.222 e. The van der Waals surface area contributed by atoms with E-state index in [0.717, 1.165) is 28.9 Å². The lowest BCUT2D eigenvalue weighted by atomic mass is 10.1. The number of aromatic nitrogens is 1. The van der Waals surface area contributed by atoms with Gasteiger partial charge in [0.25, 0.3) is 0 Å². The topological polar surface area (TPSA) is 48.1 Å². The molecule has 3 heteroatoms. The maximum absolute atomic E-state index is 5.94. The molecule has 0 saturated carbocycles. The SMILES string of the molecule is Cc1ccc(C)c(Oc2ncc(CC(C)N)cc2C)c1. The van der Waals surface area contributed by atoms with Gasteiger partial charge in [0, 0.05) is 17.8 Å². The second-order valence-electron chi connectivity index (χ2n) is 5.52. The molecule has 20 heavy (non-hydrogen) atoms. The lowest BCUT2D eigenvalue weighted by Crippen LogP contribution is -2.17. The van der Waals surface area contributed by atoms with Crippen LogP contribution < -0.4 is 10.5 Å². The van der Waals surface area contributed by atoms with E-state index in [1.54, 1.807) is 0 Å². The Labute approximate surface area is 120 Å². The fraction of sp³-hybridized carbons (Fsp3) is 0.353. The zero-order valence-electron chi connectivity index (χ0n) is 12.6. The largest absolute Gasteiger partial charge is 0.438 e. The van der Waals surface area contributed by atoms with Gasteiger partial charge in [-0.2, -0.15) is 0 Å². The van der Waals surface area contributed by atoms with Gasteiger partial charge in [0.2, 0.25) is 5.88 Å². The van der Waals surface area contributed by atoms with E-state index in [-0.39, 0.29) is 6.04 Å². The van der Waals surface area contributed by atoms with E-state index in [4.69, 9.17) is 10.5 Å². The predicted octanol–water partition coefficient (Wildman–Crippen LogP) is 3.69. The number of aryl methyl sites for hydroxylation is 3. The molecule has 2 N–H and O–H groups in total. The highest BCUT2D eigenvalue weighted by atomic mass is 16.5. The molecule has 0 aliphatic rings. The van der Waals surface area contributed by atoms with Gasteiger partial charge in [-0.3, -0.25) is 0 Å². The van der Waals surface area contributed by atoms with Gasteiger partial charge in [-0.15, -0.1) is 0 Å². The second-order valence-corrected chi connectivity index (χ2v) is 5.52. The van der Waals surface area contributed by atoms with E-state index >= 15 is 0 Å². The minimum absolute atomic E-state index is 0.141. The molecule has 106 valence electrons. The molecular formula is C17H22N2O.